The van der Waals surface area contributed by atoms with Crippen LogP contribution in [0.5, 0.6) is 5.88 Å². The minimum absolute atomic E-state index is 0.123. The first-order valence-electron chi connectivity index (χ1n) is 11.3. The van der Waals surface area contributed by atoms with Crippen LogP contribution in [0.15, 0.2) is 48.7 Å². The second-order valence-corrected chi connectivity index (χ2v) is 8.69. The van der Waals surface area contributed by atoms with Gasteiger partial charge in [0.15, 0.2) is 5.82 Å². The monoisotopic (exact) mass is 436 g/mol. The molecule has 1 saturated carbocycles. The van der Waals surface area contributed by atoms with Crippen LogP contribution in [0.3, 0.4) is 0 Å². The van der Waals surface area contributed by atoms with Crippen molar-refractivity contribution in [2.75, 3.05) is 13.2 Å². The molecule has 1 unspecified atom stereocenters. The molecule has 1 atom stereocenters. The molecule has 32 heavy (non-hydrogen) atoms. The van der Waals surface area contributed by atoms with Crippen molar-refractivity contribution in [3.05, 3.63) is 65.9 Å². The molecule has 1 spiro atoms. The fourth-order valence-electron chi connectivity index (χ4n) is 5.16. The lowest BCUT2D eigenvalue weighted by Crippen LogP contribution is -2.38. The third kappa shape index (κ3) is 3.29. The first-order chi connectivity index (χ1) is 15.7. The van der Waals surface area contributed by atoms with Gasteiger partial charge in [-0.25, -0.2) is 9.37 Å². The van der Waals surface area contributed by atoms with Crippen molar-refractivity contribution in [2.24, 2.45) is 0 Å². The third-order valence-corrected chi connectivity index (χ3v) is 6.74. The Balaban J connectivity index is 1.30. The van der Waals surface area contributed by atoms with Gasteiger partial charge in [-0.1, -0.05) is 24.3 Å². The van der Waals surface area contributed by atoms with Crippen molar-refractivity contribution in [1.82, 2.24) is 19.7 Å². The first kappa shape index (κ1) is 19.8. The molecule has 0 amide bonds. The van der Waals surface area contributed by atoms with Crippen molar-refractivity contribution < 1.29 is 18.6 Å². The van der Waals surface area contributed by atoms with Gasteiger partial charge in [-0.15, -0.1) is 10.2 Å². The molecule has 0 radical (unpaired) electrons. The number of nitrogens with zero attached hydrogens (tertiary/aromatic N) is 4. The van der Waals surface area contributed by atoms with Crippen LogP contribution in [0.25, 0.3) is 5.69 Å². The standard InChI is InChI=1S/C24H25FN4O3/c25-21-23-28-27-22(16-8-10-18(11-9-16)32-20-7-3-4-12-26-20)29(23)19-6-2-1-5-17(19)15-24(21)30-13-14-31-24/h1-7,12,16,18,21H,8-11,13-15H2/t16-,18-,21?. The number of pyridine rings is 1. The molecule has 3 aliphatic rings. The second kappa shape index (κ2) is 7.94. The summed E-state index contributed by atoms with van der Waals surface area (Å²) in [5.41, 5.74) is 1.89. The molecule has 2 aromatic heterocycles. The summed E-state index contributed by atoms with van der Waals surface area (Å²) >= 11 is 0. The highest BCUT2D eigenvalue weighted by Gasteiger charge is 2.51. The van der Waals surface area contributed by atoms with Gasteiger partial charge in [-0.2, -0.15) is 0 Å². The molecule has 7 nitrogen and oxygen atoms in total. The van der Waals surface area contributed by atoms with Gasteiger partial charge in [0.1, 0.15) is 11.9 Å². The largest absolute Gasteiger partial charge is 0.474 e. The number of para-hydroxylation sites is 1. The van der Waals surface area contributed by atoms with Crippen LogP contribution in [0, 0.1) is 0 Å². The highest BCUT2D eigenvalue weighted by molar-refractivity contribution is 5.46. The molecule has 1 aromatic carbocycles. The fraction of sp³-hybridized carbons (Fsp3) is 0.458. The summed E-state index contributed by atoms with van der Waals surface area (Å²) < 4.78 is 35.4. The Morgan fingerprint density at radius 3 is 2.47 bits per heavy atom. The van der Waals surface area contributed by atoms with Gasteiger partial charge in [0.25, 0.3) is 0 Å². The molecule has 1 saturated heterocycles. The van der Waals surface area contributed by atoms with Gasteiger partial charge in [0.2, 0.25) is 17.8 Å². The molecule has 0 N–H and O–H groups in total. The zero-order valence-electron chi connectivity index (χ0n) is 17.7. The lowest BCUT2D eigenvalue weighted by Gasteiger charge is -2.28. The van der Waals surface area contributed by atoms with Crippen LogP contribution in [-0.2, 0) is 15.9 Å². The lowest BCUT2D eigenvalue weighted by molar-refractivity contribution is -0.202. The van der Waals surface area contributed by atoms with Crippen molar-refractivity contribution in [3.8, 4) is 11.6 Å². The Morgan fingerprint density at radius 2 is 1.69 bits per heavy atom. The fourth-order valence-corrected chi connectivity index (χ4v) is 5.16. The van der Waals surface area contributed by atoms with Crippen molar-refractivity contribution in [1.29, 1.82) is 0 Å². The van der Waals surface area contributed by atoms with Crippen LogP contribution >= 0.6 is 0 Å². The summed E-state index contributed by atoms with van der Waals surface area (Å²) in [6.07, 6.45) is 4.26. The summed E-state index contributed by atoms with van der Waals surface area (Å²) in [4.78, 5) is 4.26. The number of rotatable bonds is 3. The van der Waals surface area contributed by atoms with Gasteiger partial charge < -0.3 is 14.2 Å². The Hall–Kier alpha value is -2.84. The summed E-state index contributed by atoms with van der Waals surface area (Å²) in [5, 5.41) is 8.80. The van der Waals surface area contributed by atoms with Crippen LogP contribution in [0.4, 0.5) is 4.39 Å². The lowest BCUT2D eigenvalue weighted by atomic mass is 9.86. The number of aromatic nitrogens is 4. The van der Waals surface area contributed by atoms with E-state index in [-0.39, 0.29) is 17.8 Å². The molecular weight excluding hydrogens is 411 g/mol. The maximum absolute atomic E-state index is 15.8. The molecule has 2 aliphatic heterocycles. The van der Waals surface area contributed by atoms with E-state index in [1.165, 1.54) is 0 Å². The molecule has 8 heteroatoms. The average molecular weight is 436 g/mol. The van der Waals surface area contributed by atoms with Gasteiger partial charge in [0, 0.05) is 24.6 Å². The van der Waals surface area contributed by atoms with E-state index >= 15 is 4.39 Å². The van der Waals surface area contributed by atoms with Crippen LogP contribution in [0.2, 0.25) is 0 Å². The predicted molar refractivity (Wildman–Crippen MR) is 113 cm³/mol. The van der Waals surface area contributed by atoms with E-state index in [0.717, 1.165) is 42.8 Å². The SMILES string of the molecule is FC1c2nnc([C@H]3CC[C@H](Oc4ccccn4)CC3)n2-c2ccccc2CC12OCCO2. The number of fused-ring (bicyclic) bond motifs is 3. The maximum Gasteiger partial charge on any atom is 0.214 e. The van der Waals surface area contributed by atoms with E-state index in [1.54, 1.807) is 6.20 Å². The Morgan fingerprint density at radius 1 is 0.938 bits per heavy atom. The zero-order valence-corrected chi connectivity index (χ0v) is 17.7. The minimum Gasteiger partial charge on any atom is -0.474 e. The van der Waals surface area contributed by atoms with Crippen molar-refractivity contribution in [3.63, 3.8) is 0 Å². The predicted octanol–water partition coefficient (Wildman–Crippen LogP) is 4.08. The van der Waals surface area contributed by atoms with Crippen LogP contribution in [-0.4, -0.2) is 44.9 Å². The smallest absolute Gasteiger partial charge is 0.214 e. The van der Waals surface area contributed by atoms with E-state index in [0.29, 0.717) is 25.5 Å². The number of hydrogen-bond acceptors (Lipinski definition) is 6. The van der Waals surface area contributed by atoms with Gasteiger partial charge in [-0.05, 0) is 43.4 Å². The Kier molecular flexibility index (Phi) is 4.91. The number of benzene rings is 1. The van der Waals surface area contributed by atoms with E-state index < -0.39 is 12.0 Å². The van der Waals surface area contributed by atoms with E-state index in [2.05, 4.69) is 15.2 Å². The number of ether oxygens (including phenoxy) is 3. The summed E-state index contributed by atoms with van der Waals surface area (Å²) in [6.45, 7) is 0.758. The quantitative estimate of drug-likeness (QED) is 0.616. The van der Waals surface area contributed by atoms with E-state index in [9.17, 15) is 0 Å². The van der Waals surface area contributed by atoms with Crippen molar-refractivity contribution in [2.45, 2.75) is 56.1 Å². The summed E-state index contributed by atoms with van der Waals surface area (Å²) in [5.74, 6) is 0.575. The van der Waals surface area contributed by atoms with Crippen molar-refractivity contribution >= 4 is 0 Å². The average Bonchev–Trinajstić information content (AvgIpc) is 3.46. The van der Waals surface area contributed by atoms with E-state index in [1.807, 2.05) is 47.0 Å². The van der Waals surface area contributed by atoms with E-state index in [4.69, 9.17) is 14.2 Å². The second-order valence-electron chi connectivity index (χ2n) is 8.69. The molecule has 1 aliphatic carbocycles. The minimum atomic E-state index is -1.51. The first-order valence-corrected chi connectivity index (χ1v) is 11.3. The Labute approximate surface area is 185 Å². The highest BCUT2D eigenvalue weighted by Crippen LogP contribution is 2.45. The number of hydrogen-bond donors (Lipinski definition) is 0. The molecule has 6 rings (SSSR count). The zero-order chi connectivity index (χ0) is 21.5. The summed E-state index contributed by atoms with van der Waals surface area (Å²) in [6, 6.07) is 13.6. The topological polar surface area (TPSA) is 71.3 Å². The molecule has 0 bridgehead atoms. The molecule has 3 aromatic rings. The molecule has 2 fully saturated rings. The Bertz CT molecular complexity index is 1090. The molecule has 166 valence electrons. The molecule has 4 heterocycles. The van der Waals surface area contributed by atoms with Gasteiger partial charge >= 0.3 is 0 Å². The third-order valence-electron chi connectivity index (χ3n) is 6.74. The van der Waals surface area contributed by atoms with Crippen LogP contribution < -0.4 is 4.74 Å². The normalized spacial score (nSPS) is 26.3. The van der Waals surface area contributed by atoms with Crippen LogP contribution in [0.1, 0.15) is 55.0 Å². The molecular formula is C24H25FN4O3. The highest BCUT2D eigenvalue weighted by atomic mass is 19.1. The number of halogens is 1. The van der Waals surface area contributed by atoms with Gasteiger partial charge in [-0.3, -0.25) is 4.57 Å². The number of alkyl halides is 1. The summed E-state index contributed by atoms with van der Waals surface area (Å²) in [7, 11) is 0. The maximum atomic E-state index is 15.8. The van der Waals surface area contributed by atoms with Gasteiger partial charge in [0.05, 0.1) is 18.9 Å².